The summed E-state index contributed by atoms with van der Waals surface area (Å²) in [4.78, 5) is 15.9. The molecule has 2 aliphatic rings. The lowest BCUT2D eigenvalue weighted by Crippen LogP contribution is -2.53. The summed E-state index contributed by atoms with van der Waals surface area (Å²) in [7, 11) is 0. The Hall–Kier alpha value is -0.810. The predicted octanol–water partition coefficient (Wildman–Crippen LogP) is 0.672. The van der Waals surface area contributed by atoms with E-state index in [1.54, 1.807) is 4.90 Å². The Kier molecular flexibility index (Phi) is 3.32. The SMILES string of the molecule is CC(C)(C)OC(=O)N1CCN2C[C@H](O)C[C@H]2C1. The Morgan fingerprint density at radius 3 is 2.65 bits per heavy atom. The fourth-order valence-corrected chi connectivity index (χ4v) is 2.51. The molecule has 0 aliphatic carbocycles. The van der Waals surface area contributed by atoms with Gasteiger partial charge in [-0.1, -0.05) is 0 Å². The van der Waals surface area contributed by atoms with Gasteiger partial charge in [-0.3, -0.25) is 4.90 Å². The summed E-state index contributed by atoms with van der Waals surface area (Å²) >= 11 is 0. The Labute approximate surface area is 102 Å². The molecule has 1 N–H and O–H groups in total. The first-order valence-electron chi connectivity index (χ1n) is 6.25. The van der Waals surface area contributed by atoms with E-state index in [1.807, 2.05) is 20.8 Å². The molecular weight excluding hydrogens is 220 g/mol. The maximum absolute atomic E-state index is 11.9. The largest absolute Gasteiger partial charge is 0.444 e. The van der Waals surface area contributed by atoms with Gasteiger partial charge in [0.05, 0.1) is 6.10 Å². The molecule has 0 aromatic heterocycles. The molecular formula is C12H22N2O3. The van der Waals surface area contributed by atoms with E-state index in [-0.39, 0.29) is 12.2 Å². The quantitative estimate of drug-likeness (QED) is 0.678. The molecule has 17 heavy (non-hydrogen) atoms. The van der Waals surface area contributed by atoms with Gasteiger partial charge < -0.3 is 14.7 Å². The second kappa shape index (κ2) is 4.46. The number of nitrogens with zero attached hydrogens (tertiary/aromatic N) is 2. The van der Waals surface area contributed by atoms with Gasteiger partial charge in [0.25, 0.3) is 0 Å². The van der Waals surface area contributed by atoms with Crippen LogP contribution in [-0.4, -0.2) is 64.9 Å². The number of amides is 1. The molecule has 2 heterocycles. The number of piperazine rings is 1. The predicted molar refractivity (Wildman–Crippen MR) is 63.8 cm³/mol. The zero-order chi connectivity index (χ0) is 12.6. The van der Waals surface area contributed by atoms with Crippen molar-refractivity contribution >= 4 is 6.09 Å². The molecule has 2 saturated heterocycles. The summed E-state index contributed by atoms with van der Waals surface area (Å²) in [5.74, 6) is 0. The third-order valence-electron chi connectivity index (χ3n) is 3.25. The van der Waals surface area contributed by atoms with Crippen molar-refractivity contribution in [2.75, 3.05) is 26.2 Å². The number of carbonyl (C=O) groups is 1. The Morgan fingerprint density at radius 1 is 1.29 bits per heavy atom. The summed E-state index contributed by atoms with van der Waals surface area (Å²) < 4.78 is 5.36. The minimum absolute atomic E-state index is 0.237. The smallest absolute Gasteiger partial charge is 0.410 e. The van der Waals surface area contributed by atoms with Gasteiger partial charge in [0.2, 0.25) is 0 Å². The topological polar surface area (TPSA) is 53.0 Å². The molecule has 0 unspecified atom stereocenters. The van der Waals surface area contributed by atoms with Crippen LogP contribution in [0.25, 0.3) is 0 Å². The van der Waals surface area contributed by atoms with Crippen molar-refractivity contribution in [2.45, 2.75) is 44.9 Å². The monoisotopic (exact) mass is 242 g/mol. The first-order valence-corrected chi connectivity index (χ1v) is 6.25. The van der Waals surface area contributed by atoms with Crippen molar-refractivity contribution in [3.63, 3.8) is 0 Å². The molecule has 0 aromatic carbocycles. The molecule has 0 bridgehead atoms. The van der Waals surface area contributed by atoms with Crippen LogP contribution in [-0.2, 0) is 4.74 Å². The van der Waals surface area contributed by atoms with Gasteiger partial charge in [0, 0.05) is 32.2 Å². The summed E-state index contributed by atoms with van der Waals surface area (Å²) in [6.07, 6.45) is 0.288. The van der Waals surface area contributed by atoms with Crippen molar-refractivity contribution in [3.8, 4) is 0 Å². The van der Waals surface area contributed by atoms with Gasteiger partial charge in [-0.05, 0) is 27.2 Å². The molecule has 2 atom stereocenters. The third kappa shape index (κ3) is 3.10. The minimum atomic E-state index is -0.441. The van der Waals surface area contributed by atoms with E-state index in [4.69, 9.17) is 4.74 Å². The van der Waals surface area contributed by atoms with E-state index in [9.17, 15) is 9.90 Å². The van der Waals surface area contributed by atoms with Crippen molar-refractivity contribution in [2.24, 2.45) is 0 Å². The lowest BCUT2D eigenvalue weighted by molar-refractivity contribution is 0.00921. The van der Waals surface area contributed by atoms with Gasteiger partial charge in [0.1, 0.15) is 5.60 Å². The summed E-state index contributed by atoms with van der Waals surface area (Å²) in [6.45, 7) is 8.57. The van der Waals surface area contributed by atoms with Gasteiger partial charge in [-0.2, -0.15) is 0 Å². The van der Waals surface area contributed by atoms with E-state index in [0.717, 1.165) is 19.5 Å². The van der Waals surface area contributed by atoms with Crippen LogP contribution < -0.4 is 0 Å². The van der Waals surface area contributed by atoms with Crippen LogP contribution in [0.2, 0.25) is 0 Å². The van der Waals surface area contributed by atoms with E-state index >= 15 is 0 Å². The van der Waals surface area contributed by atoms with Crippen LogP contribution >= 0.6 is 0 Å². The summed E-state index contributed by atoms with van der Waals surface area (Å²) in [6, 6.07) is 0.297. The van der Waals surface area contributed by atoms with E-state index in [0.29, 0.717) is 19.1 Å². The van der Waals surface area contributed by atoms with E-state index in [2.05, 4.69) is 4.90 Å². The minimum Gasteiger partial charge on any atom is -0.444 e. The molecule has 0 saturated carbocycles. The van der Waals surface area contributed by atoms with Gasteiger partial charge in [-0.15, -0.1) is 0 Å². The second-order valence-electron chi connectivity index (χ2n) is 5.96. The standard InChI is InChI=1S/C12H22N2O3/c1-12(2,3)17-11(16)14-5-4-13-8-10(15)6-9(13)7-14/h9-10,15H,4-8H2,1-3H3/t9-,10+/m0/s1. The number of hydrogen-bond donors (Lipinski definition) is 1. The highest BCUT2D eigenvalue weighted by molar-refractivity contribution is 5.68. The second-order valence-corrected chi connectivity index (χ2v) is 5.96. The van der Waals surface area contributed by atoms with Crippen LogP contribution in [0.4, 0.5) is 4.79 Å². The molecule has 1 amide bonds. The van der Waals surface area contributed by atoms with Gasteiger partial charge in [-0.25, -0.2) is 4.79 Å². The third-order valence-corrected chi connectivity index (χ3v) is 3.25. The molecule has 2 fully saturated rings. The van der Waals surface area contributed by atoms with Crippen molar-refractivity contribution in [1.82, 2.24) is 9.80 Å². The first-order chi connectivity index (χ1) is 7.85. The van der Waals surface area contributed by atoms with Gasteiger partial charge >= 0.3 is 6.09 Å². The number of aliphatic hydroxyl groups is 1. The highest BCUT2D eigenvalue weighted by Crippen LogP contribution is 2.23. The molecule has 0 radical (unpaired) electrons. The fraction of sp³-hybridized carbons (Fsp3) is 0.917. The number of hydrogen-bond acceptors (Lipinski definition) is 4. The summed E-state index contributed by atoms with van der Waals surface area (Å²) in [5.41, 5.74) is -0.441. The van der Waals surface area contributed by atoms with Crippen LogP contribution in [0.15, 0.2) is 0 Å². The van der Waals surface area contributed by atoms with Crippen LogP contribution in [0, 0.1) is 0 Å². The lowest BCUT2D eigenvalue weighted by atomic mass is 10.1. The molecule has 0 aromatic rings. The average Bonchev–Trinajstić information content (AvgIpc) is 2.53. The van der Waals surface area contributed by atoms with Crippen LogP contribution in [0.1, 0.15) is 27.2 Å². The van der Waals surface area contributed by atoms with Crippen molar-refractivity contribution < 1.29 is 14.6 Å². The maximum atomic E-state index is 11.9. The van der Waals surface area contributed by atoms with Crippen LogP contribution in [0.5, 0.6) is 0 Å². The molecule has 0 spiro atoms. The molecule has 5 heteroatoms. The summed E-state index contributed by atoms with van der Waals surface area (Å²) in [5, 5.41) is 9.59. The Balaban J connectivity index is 1.90. The van der Waals surface area contributed by atoms with Crippen molar-refractivity contribution in [3.05, 3.63) is 0 Å². The highest BCUT2D eigenvalue weighted by atomic mass is 16.6. The molecule has 98 valence electrons. The Bertz CT molecular complexity index is 301. The fourth-order valence-electron chi connectivity index (χ4n) is 2.51. The number of ether oxygens (including phenoxy) is 1. The molecule has 5 nitrogen and oxygen atoms in total. The molecule has 2 rings (SSSR count). The number of fused-ring (bicyclic) bond motifs is 1. The van der Waals surface area contributed by atoms with E-state index < -0.39 is 5.60 Å². The van der Waals surface area contributed by atoms with Gasteiger partial charge in [0.15, 0.2) is 0 Å². The number of carbonyl (C=O) groups excluding carboxylic acids is 1. The first kappa shape index (κ1) is 12.6. The maximum Gasteiger partial charge on any atom is 0.410 e. The zero-order valence-corrected chi connectivity index (χ0v) is 10.8. The highest BCUT2D eigenvalue weighted by Gasteiger charge is 2.37. The lowest BCUT2D eigenvalue weighted by Gasteiger charge is -2.37. The van der Waals surface area contributed by atoms with E-state index in [1.165, 1.54) is 0 Å². The zero-order valence-electron chi connectivity index (χ0n) is 10.8. The number of aliphatic hydroxyl groups excluding tert-OH is 1. The number of rotatable bonds is 0. The molecule has 2 aliphatic heterocycles. The Morgan fingerprint density at radius 2 is 2.00 bits per heavy atom. The normalized spacial score (nSPS) is 30.2. The average molecular weight is 242 g/mol. The van der Waals surface area contributed by atoms with Crippen LogP contribution in [0.3, 0.4) is 0 Å². The van der Waals surface area contributed by atoms with Crippen molar-refractivity contribution in [1.29, 1.82) is 0 Å².